The van der Waals surface area contributed by atoms with Crippen LogP contribution < -0.4 is 20.4 Å². The first kappa shape index (κ1) is 29.7. The predicted molar refractivity (Wildman–Crippen MR) is 161 cm³/mol. The lowest BCUT2D eigenvalue weighted by Gasteiger charge is -2.37. The third kappa shape index (κ3) is 8.38. The molecule has 2 aromatic carbocycles. The molecule has 2 aliphatic heterocycles. The van der Waals surface area contributed by atoms with E-state index in [-0.39, 0.29) is 18.4 Å². The van der Waals surface area contributed by atoms with Crippen LogP contribution in [0.25, 0.3) is 0 Å². The third-order valence-electron chi connectivity index (χ3n) is 8.68. The molecule has 216 valence electrons. The predicted octanol–water partition coefficient (Wildman–Crippen LogP) is 3.63. The van der Waals surface area contributed by atoms with Crippen LogP contribution in [-0.4, -0.2) is 75.9 Å². The van der Waals surface area contributed by atoms with Gasteiger partial charge < -0.3 is 15.1 Å². The maximum atomic E-state index is 11.8. The molecule has 0 aromatic heterocycles. The molecule has 8 heteroatoms. The molecule has 2 aromatic rings. The van der Waals surface area contributed by atoms with E-state index < -0.39 is 0 Å². The van der Waals surface area contributed by atoms with Gasteiger partial charge in [-0.25, -0.2) is 0 Å². The molecule has 1 atom stereocenters. The van der Waals surface area contributed by atoms with E-state index in [1.807, 2.05) is 19.2 Å². The van der Waals surface area contributed by atoms with Crippen LogP contribution in [0.2, 0.25) is 0 Å². The number of aryl methyl sites for hydroxylation is 1. The summed E-state index contributed by atoms with van der Waals surface area (Å²) >= 11 is 0. The lowest BCUT2D eigenvalue weighted by atomic mass is 9.91. The van der Waals surface area contributed by atoms with Gasteiger partial charge in [0.05, 0.1) is 0 Å². The molecule has 2 amide bonds. The standard InChI is InChI=1S/C32H45N5O3/c1-25(3-12-32(40)34-24-39)35(2)22-29-21-31(11-8-28(29)23-38)37-19-17-36(18-20-37)30-9-6-26(7-10-30)4-5-27-13-15-33-16-14-27/h6-11,21,23-25,27,33H,3-5,12-20,22H2,1-2H3,(H,34,39,40). The van der Waals surface area contributed by atoms with Gasteiger partial charge in [-0.15, -0.1) is 0 Å². The molecule has 2 heterocycles. The summed E-state index contributed by atoms with van der Waals surface area (Å²) in [4.78, 5) is 40.9. The first-order chi connectivity index (χ1) is 19.5. The molecule has 40 heavy (non-hydrogen) atoms. The van der Waals surface area contributed by atoms with Gasteiger partial charge in [-0.1, -0.05) is 12.1 Å². The van der Waals surface area contributed by atoms with Crippen molar-refractivity contribution in [3.8, 4) is 0 Å². The van der Waals surface area contributed by atoms with Gasteiger partial charge in [0.25, 0.3) is 0 Å². The molecule has 0 aliphatic carbocycles. The summed E-state index contributed by atoms with van der Waals surface area (Å²) in [5.41, 5.74) is 5.55. The van der Waals surface area contributed by atoms with Gasteiger partial charge in [0, 0.05) is 62.1 Å². The lowest BCUT2D eigenvalue weighted by molar-refractivity contribution is -0.125. The Bertz CT molecular complexity index is 1110. The van der Waals surface area contributed by atoms with Crippen molar-refractivity contribution in [2.75, 3.05) is 56.1 Å². The second-order valence-corrected chi connectivity index (χ2v) is 11.4. The number of carbonyl (C=O) groups is 3. The van der Waals surface area contributed by atoms with Crippen LogP contribution >= 0.6 is 0 Å². The Kier molecular flexibility index (Phi) is 11.1. The highest BCUT2D eigenvalue weighted by atomic mass is 16.2. The van der Waals surface area contributed by atoms with Crippen molar-refractivity contribution in [1.29, 1.82) is 0 Å². The maximum Gasteiger partial charge on any atom is 0.226 e. The van der Waals surface area contributed by atoms with Crippen LogP contribution in [0.1, 0.15) is 60.5 Å². The quantitative estimate of drug-likeness (QED) is 0.371. The number of piperazine rings is 1. The normalized spacial score (nSPS) is 17.1. The number of aldehydes is 1. The number of piperidine rings is 1. The Morgan fingerprint density at radius 3 is 2.33 bits per heavy atom. The number of hydrogen-bond donors (Lipinski definition) is 2. The maximum absolute atomic E-state index is 11.8. The van der Waals surface area contributed by atoms with Crippen molar-refractivity contribution in [2.24, 2.45) is 5.92 Å². The van der Waals surface area contributed by atoms with Crippen LogP contribution in [0.4, 0.5) is 11.4 Å². The van der Waals surface area contributed by atoms with E-state index in [2.05, 4.69) is 62.6 Å². The van der Waals surface area contributed by atoms with E-state index in [4.69, 9.17) is 0 Å². The second-order valence-electron chi connectivity index (χ2n) is 11.4. The van der Waals surface area contributed by atoms with Crippen LogP contribution in [-0.2, 0) is 22.6 Å². The number of imide groups is 1. The summed E-state index contributed by atoms with van der Waals surface area (Å²) in [5, 5.41) is 5.64. The highest BCUT2D eigenvalue weighted by molar-refractivity contribution is 5.85. The highest BCUT2D eigenvalue weighted by Crippen LogP contribution is 2.25. The Labute approximate surface area is 239 Å². The fraction of sp³-hybridized carbons (Fsp3) is 0.531. The highest BCUT2D eigenvalue weighted by Gasteiger charge is 2.20. The van der Waals surface area contributed by atoms with Crippen LogP contribution in [0.5, 0.6) is 0 Å². The van der Waals surface area contributed by atoms with Gasteiger partial charge in [0.1, 0.15) is 6.29 Å². The third-order valence-corrected chi connectivity index (χ3v) is 8.68. The van der Waals surface area contributed by atoms with Crippen LogP contribution in [0.3, 0.4) is 0 Å². The minimum atomic E-state index is -0.270. The molecule has 4 rings (SSSR count). The summed E-state index contributed by atoms with van der Waals surface area (Å²) in [6, 6.07) is 15.4. The van der Waals surface area contributed by atoms with E-state index in [0.717, 1.165) is 49.6 Å². The van der Waals surface area contributed by atoms with Gasteiger partial charge in [0.15, 0.2) is 0 Å². The molecule has 8 nitrogen and oxygen atoms in total. The van der Waals surface area contributed by atoms with Crippen LogP contribution in [0, 0.1) is 5.92 Å². The van der Waals surface area contributed by atoms with Crippen molar-refractivity contribution < 1.29 is 14.4 Å². The number of benzene rings is 2. The van der Waals surface area contributed by atoms with Crippen LogP contribution in [0.15, 0.2) is 42.5 Å². The summed E-state index contributed by atoms with van der Waals surface area (Å²) < 4.78 is 0. The Morgan fingerprint density at radius 1 is 1.02 bits per heavy atom. The molecule has 0 spiro atoms. The van der Waals surface area contributed by atoms with Gasteiger partial charge in [-0.2, -0.15) is 0 Å². The Balaban J connectivity index is 1.29. The number of hydrogen-bond acceptors (Lipinski definition) is 7. The monoisotopic (exact) mass is 547 g/mol. The topological polar surface area (TPSA) is 85.0 Å². The molecule has 2 fully saturated rings. The minimum absolute atomic E-state index is 0.125. The van der Waals surface area contributed by atoms with Crippen molar-refractivity contribution in [3.63, 3.8) is 0 Å². The molecule has 2 aliphatic rings. The van der Waals surface area contributed by atoms with Gasteiger partial charge in [-0.3, -0.25) is 24.6 Å². The minimum Gasteiger partial charge on any atom is -0.368 e. The summed E-state index contributed by atoms with van der Waals surface area (Å²) in [6.07, 6.45) is 7.33. The number of anilines is 2. The number of nitrogens with one attached hydrogen (secondary N) is 2. The van der Waals surface area contributed by atoms with E-state index >= 15 is 0 Å². The zero-order valence-electron chi connectivity index (χ0n) is 24.1. The molecule has 0 radical (unpaired) electrons. The van der Waals surface area contributed by atoms with Gasteiger partial charge in [-0.05, 0) is 107 Å². The Morgan fingerprint density at radius 2 is 1.68 bits per heavy atom. The average molecular weight is 548 g/mol. The second kappa shape index (κ2) is 15.0. The SMILES string of the molecule is CC(CCC(=O)NC=O)N(C)Cc1cc(N2CCN(c3ccc(CCC4CCNCC4)cc3)CC2)ccc1C=O. The lowest BCUT2D eigenvalue weighted by Crippen LogP contribution is -2.46. The molecule has 0 saturated carbocycles. The molecule has 2 saturated heterocycles. The fourth-order valence-electron chi connectivity index (χ4n) is 5.80. The van der Waals surface area contributed by atoms with E-state index in [1.54, 1.807) is 0 Å². The van der Waals surface area contributed by atoms with E-state index in [9.17, 15) is 14.4 Å². The number of rotatable bonds is 13. The number of amides is 2. The largest absolute Gasteiger partial charge is 0.368 e. The number of carbonyl (C=O) groups excluding carboxylic acids is 3. The average Bonchev–Trinajstić information content (AvgIpc) is 3.00. The number of nitrogens with zero attached hydrogens (tertiary/aromatic N) is 3. The van der Waals surface area contributed by atoms with E-state index in [0.29, 0.717) is 24.9 Å². The van der Waals surface area contributed by atoms with Crippen molar-refractivity contribution >= 4 is 30.0 Å². The van der Waals surface area contributed by atoms with Crippen molar-refractivity contribution in [1.82, 2.24) is 15.5 Å². The Hall–Kier alpha value is -3.23. The smallest absolute Gasteiger partial charge is 0.226 e. The summed E-state index contributed by atoms with van der Waals surface area (Å²) in [5.74, 6) is 0.592. The van der Waals surface area contributed by atoms with E-state index in [1.165, 1.54) is 50.0 Å². The first-order valence-electron chi connectivity index (χ1n) is 14.8. The zero-order valence-corrected chi connectivity index (χ0v) is 24.1. The zero-order chi connectivity index (χ0) is 28.3. The van der Waals surface area contributed by atoms with Gasteiger partial charge in [0.2, 0.25) is 12.3 Å². The van der Waals surface area contributed by atoms with Crippen molar-refractivity contribution in [3.05, 3.63) is 59.2 Å². The summed E-state index contributed by atoms with van der Waals surface area (Å²) in [6.45, 7) is 8.77. The summed E-state index contributed by atoms with van der Waals surface area (Å²) in [7, 11) is 2.00. The van der Waals surface area contributed by atoms with Gasteiger partial charge >= 0.3 is 0 Å². The molecule has 1 unspecified atom stereocenters. The molecular weight excluding hydrogens is 502 g/mol. The van der Waals surface area contributed by atoms with Crippen molar-refractivity contribution in [2.45, 2.75) is 58.0 Å². The fourth-order valence-corrected chi connectivity index (χ4v) is 5.80. The molecular formula is C32H45N5O3. The first-order valence-corrected chi connectivity index (χ1v) is 14.8. The molecule has 0 bridgehead atoms. The molecule has 2 N–H and O–H groups in total.